The number of rotatable bonds is 3. The number of nitrogens with one attached hydrogen (secondary N) is 1. The molecule has 0 spiro atoms. The van der Waals surface area contributed by atoms with Crippen molar-refractivity contribution in [3.05, 3.63) is 59.9 Å². The Morgan fingerprint density at radius 2 is 1.56 bits per heavy atom. The summed E-state index contributed by atoms with van der Waals surface area (Å²) in [6.45, 7) is 2.05. The van der Waals surface area contributed by atoms with Gasteiger partial charge in [0.2, 0.25) is 0 Å². The van der Waals surface area contributed by atoms with Crippen LogP contribution < -0.4 is 4.72 Å². The highest BCUT2D eigenvalue weighted by atomic mass is 32.2. The van der Waals surface area contributed by atoms with Crippen LogP contribution in [0, 0.1) is 12.7 Å². The number of anilines is 1. The second kappa shape index (κ2) is 5.03. The van der Waals surface area contributed by atoms with Crippen LogP contribution in [0.5, 0.6) is 0 Å². The molecule has 0 saturated heterocycles. The van der Waals surface area contributed by atoms with Crippen LogP contribution in [0.15, 0.2) is 53.4 Å². The second-order valence-corrected chi connectivity index (χ2v) is 4.40. The minimum atomic E-state index is -0.209. The number of benzene rings is 2. The molecule has 2 aromatic carbocycles. The first-order valence-corrected chi connectivity index (χ1v) is 5.81. The predicted octanol–water partition coefficient (Wildman–Crippen LogP) is 4.25. The van der Waals surface area contributed by atoms with Crippen molar-refractivity contribution in [2.24, 2.45) is 0 Å². The van der Waals surface area contributed by atoms with Gasteiger partial charge in [-0.15, -0.1) is 0 Å². The number of halogens is 1. The van der Waals surface area contributed by atoms with Crippen molar-refractivity contribution in [1.82, 2.24) is 0 Å². The summed E-state index contributed by atoms with van der Waals surface area (Å²) in [4.78, 5) is 0.988. The Kier molecular flexibility index (Phi) is 3.47. The molecule has 0 aliphatic rings. The van der Waals surface area contributed by atoms with Crippen LogP contribution in [-0.4, -0.2) is 0 Å². The monoisotopic (exact) mass is 233 g/mol. The van der Waals surface area contributed by atoms with Gasteiger partial charge in [0.25, 0.3) is 0 Å². The van der Waals surface area contributed by atoms with Crippen LogP contribution >= 0.6 is 11.9 Å². The lowest BCUT2D eigenvalue weighted by molar-refractivity contribution is 0.626. The van der Waals surface area contributed by atoms with Gasteiger partial charge in [0.1, 0.15) is 5.82 Å². The largest absolute Gasteiger partial charge is 0.326 e. The summed E-state index contributed by atoms with van der Waals surface area (Å²) in [5.41, 5.74) is 2.28. The average molecular weight is 233 g/mol. The first kappa shape index (κ1) is 11.0. The Bertz CT molecular complexity index is 405. The molecule has 0 fully saturated rings. The molecule has 0 radical (unpaired) electrons. The molecule has 2 aromatic rings. The highest BCUT2D eigenvalue weighted by Crippen LogP contribution is 2.21. The molecule has 0 heterocycles. The Hall–Kier alpha value is -1.48. The number of aryl methyl sites for hydroxylation is 1. The molecule has 3 heteroatoms. The third-order valence-corrected chi connectivity index (χ3v) is 3.00. The van der Waals surface area contributed by atoms with Crippen LogP contribution in [0.4, 0.5) is 10.1 Å². The van der Waals surface area contributed by atoms with Crippen molar-refractivity contribution in [1.29, 1.82) is 0 Å². The smallest absolute Gasteiger partial charge is 0.123 e. The van der Waals surface area contributed by atoms with E-state index in [1.807, 2.05) is 24.3 Å². The molecule has 16 heavy (non-hydrogen) atoms. The second-order valence-electron chi connectivity index (χ2n) is 3.52. The maximum Gasteiger partial charge on any atom is 0.123 e. The lowest BCUT2D eigenvalue weighted by Crippen LogP contribution is -1.86. The molecule has 2 rings (SSSR count). The first-order chi connectivity index (χ1) is 7.74. The van der Waals surface area contributed by atoms with E-state index in [9.17, 15) is 4.39 Å². The summed E-state index contributed by atoms with van der Waals surface area (Å²) in [6, 6.07) is 14.6. The zero-order valence-corrected chi connectivity index (χ0v) is 9.72. The van der Waals surface area contributed by atoms with Gasteiger partial charge in [-0.05, 0) is 55.3 Å². The maximum atomic E-state index is 12.7. The van der Waals surface area contributed by atoms with Crippen molar-refractivity contribution >= 4 is 17.6 Å². The number of hydrogen-bond acceptors (Lipinski definition) is 2. The molecule has 0 bridgehead atoms. The summed E-state index contributed by atoms with van der Waals surface area (Å²) in [5.74, 6) is -0.209. The van der Waals surface area contributed by atoms with Crippen molar-refractivity contribution in [2.75, 3.05) is 4.72 Å². The van der Waals surface area contributed by atoms with E-state index in [4.69, 9.17) is 0 Å². The van der Waals surface area contributed by atoms with Gasteiger partial charge >= 0.3 is 0 Å². The third kappa shape index (κ3) is 3.00. The van der Waals surface area contributed by atoms with Crippen molar-refractivity contribution < 1.29 is 4.39 Å². The van der Waals surface area contributed by atoms with Crippen molar-refractivity contribution in [3.8, 4) is 0 Å². The van der Waals surface area contributed by atoms with Gasteiger partial charge < -0.3 is 4.72 Å². The first-order valence-electron chi connectivity index (χ1n) is 4.99. The Morgan fingerprint density at radius 1 is 0.938 bits per heavy atom. The molecular formula is C13H12FNS. The molecule has 0 saturated carbocycles. The van der Waals surface area contributed by atoms with E-state index in [1.54, 1.807) is 12.1 Å². The summed E-state index contributed by atoms with van der Waals surface area (Å²) in [6.07, 6.45) is 0. The third-order valence-electron chi connectivity index (χ3n) is 2.15. The van der Waals surface area contributed by atoms with Crippen LogP contribution in [-0.2, 0) is 0 Å². The van der Waals surface area contributed by atoms with E-state index >= 15 is 0 Å². The van der Waals surface area contributed by atoms with E-state index < -0.39 is 0 Å². The molecule has 0 aliphatic carbocycles. The van der Waals surface area contributed by atoms with Gasteiger partial charge in [0.15, 0.2) is 0 Å². The normalized spacial score (nSPS) is 10.1. The fourth-order valence-electron chi connectivity index (χ4n) is 1.24. The lowest BCUT2D eigenvalue weighted by Gasteiger charge is -2.05. The predicted molar refractivity (Wildman–Crippen MR) is 67.1 cm³/mol. The molecular weight excluding hydrogens is 221 g/mol. The van der Waals surface area contributed by atoms with Crippen LogP contribution in [0.25, 0.3) is 0 Å². The molecule has 0 unspecified atom stereocenters. The van der Waals surface area contributed by atoms with Gasteiger partial charge in [-0.3, -0.25) is 0 Å². The van der Waals surface area contributed by atoms with Gasteiger partial charge in [-0.25, -0.2) is 4.39 Å². The highest BCUT2D eigenvalue weighted by molar-refractivity contribution is 8.00. The SMILES string of the molecule is Cc1ccc(NSc2ccc(F)cc2)cc1. The summed E-state index contributed by atoms with van der Waals surface area (Å²) < 4.78 is 15.9. The molecule has 0 atom stereocenters. The topological polar surface area (TPSA) is 12.0 Å². The summed E-state index contributed by atoms with van der Waals surface area (Å²) in [5, 5.41) is 0. The van der Waals surface area contributed by atoms with E-state index in [0.717, 1.165) is 10.6 Å². The van der Waals surface area contributed by atoms with E-state index in [1.165, 1.54) is 29.6 Å². The molecule has 1 N–H and O–H groups in total. The quantitative estimate of drug-likeness (QED) is 0.795. The molecule has 82 valence electrons. The van der Waals surface area contributed by atoms with Gasteiger partial charge in [0.05, 0.1) is 0 Å². The van der Waals surface area contributed by atoms with Crippen LogP contribution in [0.3, 0.4) is 0 Å². The molecule has 0 aliphatic heterocycles. The van der Waals surface area contributed by atoms with Crippen LogP contribution in [0.1, 0.15) is 5.56 Å². The average Bonchev–Trinajstić information content (AvgIpc) is 2.30. The fourth-order valence-corrected chi connectivity index (χ4v) is 1.89. The standard InChI is InChI=1S/C13H12FNS/c1-10-2-6-12(7-3-10)15-16-13-8-4-11(14)5-9-13/h2-9,15H,1H3. The zero-order valence-electron chi connectivity index (χ0n) is 8.91. The van der Waals surface area contributed by atoms with Gasteiger partial charge in [0, 0.05) is 10.6 Å². The van der Waals surface area contributed by atoms with E-state index in [-0.39, 0.29) is 5.82 Å². The Morgan fingerprint density at radius 3 is 2.19 bits per heavy atom. The van der Waals surface area contributed by atoms with E-state index in [0.29, 0.717) is 0 Å². The summed E-state index contributed by atoms with van der Waals surface area (Å²) in [7, 11) is 0. The van der Waals surface area contributed by atoms with Crippen LogP contribution in [0.2, 0.25) is 0 Å². The Labute approximate surface area is 98.8 Å². The van der Waals surface area contributed by atoms with Gasteiger partial charge in [-0.2, -0.15) is 0 Å². The minimum absolute atomic E-state index is 0.209. The Balaban J connectivity index is 1.97. The maximum absolute atomic E-state index is 12.7. The molecule has 1 nitrogen and oxygen atoms in total. The number of hydrogen-bond donors (Lipinski definition) is 1. The minimum Gasteiger partial charge on any atom is -0.326 e. The summed E-state index contributed by atoms with van der Waals surface area (Å²) >= 11 is 1.47. The van der Waals surface area contributed by atoms with Gasteiger partial charge in [-0.1, -0.05) is 17.7 Å². The lowest BCUT2D eigenvalue weighted by atomic mass is 10.2. The van der Waals surface area contributed by atoms with E-state index in [2.05, 4.69) is 11.6 Å². The fraction of sp³-hybridized carbons (Fsp3) is 0.0769. The zero-order chi connectivity index (χ0) is 11.4. The van der Waals surface area contributed by atoms with Crippen molar-refractivity contribution in [2.45, 2.75) is 11.8 Å². The molecule has 0 amide bonds. The van der Waals surface area contributed by atoms with Crippen molar-refractivity contribution in [3.63, 3.8) is 0 Å². The molecule has 0 aromatic heterocycles. The highest BCUT2D eigenvalue weighted by Gasteiger charge is 1.95.